The van der Waals surface area contributed by atoms with E-state index in [9.17, 15) is 5.11 Å². The van der Waals surface area contributed by atoms with Gasteiger partial charge in [0, 0.05) is 16.0 Å². The first-order valence-electron chi connectivity index (χ1n) is 7.66. The normalized spacial score (nSPS) is 10.9. The van der Waals surface area contributed by atoms with E-state index in [-0.39, 0.29) is 5.75 Å². The first-order chi connectivity index (χ1) is 11.7. The van der Waals surface area contributed by atoms with E-state index in [1.54, 1.807) is 12.1 Å². The number of rotatable bonds is 2. The lowest BCUT2D eigenvalue weighted by molar-refractivity contribution is 0.475. The number of hydrogen-bond acceptors (Lipinski definition) is 2. The van der Waals surface area contributed by atoms with Gasteiger partial charge in [-0.05, 0) is 53.6 Å². The fourth-order valence-electron chi connectivity index (χ4n) is 2.84. The van der Waals surface area contributed by atoms with E-state index in [1.807, 2.05) is 48.5 Å². The van der Waals surface area contributed by atoms with Crippen LogP contribution in [0.4, 0.5) is 0 Å². The lowest BCUT2D eigenvalue weighted by atomic mass is 9.98. The number of benzene rings is 3. The van der Waals surface area contributed by atoms with E-state index in [2.05, 4.69) is 18.2 Å². The SMILES string of the molecule is Oc1ccc(-c2cc(-c3ccccc3)c3ccc(Cl)cc3n2)cc1. The Labute approximate surface area is 145 Å². The van der Waals surface area contributed by atoms with Crippen molar-refractivity contribution in [2.24, 2.45) is 0 Å². The Bertz CT molecular complexity index is 1010. The highest BCUT2D eigenvalue weighted by molar-refractivity contribution is 6.31. The first kappa shape index (κ1) is 14.7. The number of aromatic hydroxyl groups is 1. The number of pyridine rings is 1. The molecule has 24 heavy (non-hydrogen) atoms. The molecular formula is C21H14ClNO. The highest BCUT2D eigenvalue weighted by atomic mass is 35.5. The van der Waals surface area contributed by atoms with Crippen LogP contribution in [0.3, 0.4) is 0 Å². The number of phenols is 1. The molecule has 116 valence electrons. The Hall–Kier alpha value is -2.84. The highest BCUT2D eigenvalue weighted by Gasteiger charge is 2.10. The van der Waals surface area contributed by atoms with Crippen molar-refractivity contribution < 1.29 is 5.11 Å². The van der Waals surface area contributed by atoms with Crippen molar-refractivity contribution in [3.8, 4) is 28.1 Å². The Morgan fingerprint density at radius 2 is 1.50 bits per heavy atom. The van der Waals surface area contributed by atoms with Gasteiger partial charge in [0.05, 0.1) is 11.2 Å². The van der Waals surface area contributed by atoms with Gasteiger partial charge in [0.15, 0.2) is 0 Å². The molecule has 4 rings (SSSR count). The van der Waals surface area contributed by atoms with Crippen LogP contribution in [0.25, 0.3) is 33.3 Å². The molecule has 0 amide bonds. The molecule has 3 aromatic carbocycles. The third-order valence-electron chi connectivity index (χ3n) is 4.02. The van der Waals surface area contributed by atoms with Gasteiger partial charge in [-0.3, -0.25) is 0 Å². The summed E-state index contributed by atoms with van der Waals surface area (Å²) in [5.74, 6) is 0.242. The summed E-state index contributed by atoms with van der Waals surface area (Å²) < 4.78 is 0. The molecule has 0 aliphatic carbocycles. The van der Waals surface area contributed by atoms with Crippen molar-refractivity contribution in [3.63, 3.8) is 0 Å². The molecule has 0 fully saturated rings. The molecule has 0 bridgehead atoms. The van der Waals surface area contributed by atoms with E-state index >= 15 is 0 Å². The molecule has 0 spiro atoms. The van der Waals surface area contributed by atoms with Crippen molar-refractivity contribution in [1.82, 2.24) is 4.98 Å². The number of phenolic OH excluding ortho intramolecular Hbond substituents is 1. The molecule has 2 nitrogen and oxygen atoms in total. The zero-order valence-electron chi connectivity index (χ0n) is 12.8. The average Bonchev–Trinajstić information content (AvgIpc) is 2.62. The van der Waals surface area contributed by atoms with E-state index in [1.165, 1.54) is 0 Å². The largest absolute Gasteiger partial charge is 0.508 e. The van der Waals surface area contributed by atoms with Crippen LogP contribution in [0, 0.1) is 0 Å². The van der Waals surface area contributed by atoms with Gasteiger partial charge in [0.2, 0.25) is 0 Å². The standard InChI is InChI=1S/C21H14ClNO/c22-16-8-11-18-19(14-4-2-1-3-5-14)13-20(23-21(18)12-16)15-6-9-17(24)10-7-15/h1-13,24H. The van der Waals surface area contributed by atoms with Gasteiger partial charge in [-0.1, -0.05) is 48.0 Å². The van der Waals surface area contributed by atoms with Crippen molar-refractivity contribution >= 4 is 22.5 Å². The van der Waals surface area contributed by atoms with Crippen LogP contribution in [0.15, 0.2) is 78.9 Å². The van der Waals surface area contributed by atoms with Crippen molar-refractivity contribution in [1.29, 1.82) is 0 Å². The molecule has 0 saturated carbocycles. The molecule has 4 aromatic rings. The molecule has 3 heteroatoms. The third kappa shape index (κ3) is 2.72. The second-order valence-electron chi connectivity index (χ2n) is 5.63. The zero-order chi connectivity index (χ0) is 16.5. The van der Waals surface area contributed by atoms with Crippen LogP contribution >= 0.6 is 11.6 Å². The molecule has 0 radical (unpaired) electrons. The Kier molecular flexibility index (Phi) is 3.68. The predicted octanol–water partition coefficient (Wildman–Crippen LogP) is 5.93. The quantitative estimate of drug-likeness (QED) is 0.494. The molecule has 1 aromatic heterocycles. The molecule has 0 unspecified atom stereocenters. The van der Waals surface area contributed by atoms with Gasteiger partial charge in [0.25, 0.3) is 0 Å². The summed E-state index contributed by atoms with van der Waals surface area (Å²) in [5.41, 5.74) is 4.90. The minimum Gasteiger partial charge on any atom is -0.508 e. The van der Waals surface area contributed by atoms with Crippen molar-refractivity contribution in [3.05, 3.63) is 83.9 Å². The number of aromatic nitrogens is 1. The van der Waals surface area contributed by atoms with Gasteiger partial charge in [-0.25, -0.2) is 4.98 Å². The first-order valence-corrected chi connectivity index (χ1v) is 8.04. The fourth-order valence-corrected chi connectivity index (χ4v) is 3.00. The summed E-state index contributed by atoms with van der Waals surface area (Å²) >= 11 is 6.16. The van der Waals surface area contributed by atoms with Gasteiger partial charge < -0.3 is 5.11 Å². The fraction of sp³-hybridized carbons (Fsp3) is 0. The van der Waals surface area contributed by atoms with Crippen molar-refractivity contribution in [2.45, 2.75) is 0 Å². The third-order valence-corrected chi connectivity index (χ3v) is 4.25. The maximum Gasteiger partial charge on any atom is 0.115 e. The van der Waals surface area contributed by atoms with E-state index < -0.39 is 0 Å². The van der Waals surface area contributed by atoms with E-state index in [0.29, 0.717) is 5.02 Å². The zero-order valence-corrected chi connectivity index (χ0v) is 13.5. The van der Waals surface area contributed by atoms with Gasteiger partial charge >= 0.3 is 0 Å². The summed E-state index contributed by atoms with van der Waals surface area (Å²) in [6.07, 6.45) is 0. The lowest BCUT2D eigenvalue weighted by Gasteiger charge is -2.11. The monoisotopic (exact) mass is 331 g/mol. The topological polar surface area (TPSA) is 33.1 Å². The van der Waals surface area contributed by atoms with Crippen LogP contribution in [0.2, 0.25) is 5.02 Å². The molecule has 0 saturated heterocycles. The predicted molar refractivity (Wildman–Crippen MR) is 99.3 cm³/mol. The average molecular weight is 332 g/mol. The van der Waals surface area contributed by atoms with Crippen molar-refractivity contribution in [2.75, 3.05) is 0 Å². The summed E-state index contributed by atoms with van der Waals surface area (Å²) in [5, 5.41) is 11.2. The summed E-state index contributed by atoms with van der Waals surface area (Å²) in [6, 6.07) is 25.2. The molecular weight excluding hydrogens is 318 g/mol. The van der Waals surface area contributed by atoms with Gasteiger partial charge in [-0.15, -0.1) is 0 Å². The maximum absolute atomic E-state index is 9.51. The van der Waals surface area contributed by atoms with E-state index in [0.717, 1.165) is 33.3 Å². The second-order valence-corrected chi connectivity index (χ2v) is 6.07. The molecule has 0 atom stereocenters. The number of nitrogens with zero attached hydrogens (tertiary/aromatic N) is 1. The minimum absolute atomic E-state index is 0.242. The van der Waals surface area contributed by atoms with Gasteiger partial charge in [0.1, 0.15) is 5.75 Å². The second kappa shape index (κ2) is 5.99. The summed E-state index contributed by atoms with van der Waals surface area (Å²) in [4.78, 5) is 4.76. The maximum atomic E-state index is 9.51. The Morgan fingerprint density at radius 1 is 0.750 bits per heavy atom. The van der Waals surface area contributed by atoms with Crippen LogP contribution < -0.4 is 0 Å². The molecule has 1 heterocycles. The molecule has 0 aliphatic rings. The Balaban J connectivity index is 2.01. The van der Waals surface area contributed by atoms with E-state index in [4.69, 9.17) is 16.6 Å². The number of fused-ring (bicyclic) bond motifs is 1. The molecule has 1 N–H and O–H groups in total. The summed E-state index contributed by atoms with van der Waals surface area (Å²) in [6.45, 7) is 0. The van der Waals surface area contributed by atoms with Crippen LogP contribution in [-0.4, -0.2) is 10.1 Å². The minimum atomic E-state index is 0.242. The Morgan fingerprint density at radius 3 is 2.25 bits per heavy atom. The van der Waals surface area contributed by atoms with Crippen LogP contribution in [0.1, 0.15) is 0 Å². The van der Waals surface area contributed by atoms with Gasteiger partial charge in [-0.2, -0.15) is 0 Å². The van der Waals surface area contributed by atoms with Crippen LogP contribution in [-0.2, 0) is 0 Å². The smallest absolute Gasteiger partial charge is 0.115 e. The van der Waals surface area contributed by atoms with Crippen LogP contribution in [0.5, 0.6) is 5.75 Å². The lowest BCUT2D eigenvalue weighted by Crippen LogP contribution is -1.90. The molecule has 0 aliphatic heterocycles. The number of halogens is 1. The number of hydrogen-bond donors (Lipinski definition) is 1. The summed E-state index contributed by atoms with van der Waals surface area (Å²) in [7, 11) is 0. The highest BCUT2D eigenvalue weighted by Crippen LogP contribution is 2.33.